The van der Waals surface area contributed by atoms with Crippen LogP contribution in [0.5, 0.6) is 5.75 Å². The molecule has 0 aliphatic heterocycles. The maximum Gasteiger partial charge on any atom is 0.410 e. The number of methoxy groups -OCH3 is 1. The van der Waals surface area contributed by atoms with Crippen molar-refractivity contribution in [2.24, 2.45) is 0 Å². The zero-order valence-electron chi connectivity index (χ0n) is 13.3. The number of rotatable bonds is 4. The summed E-state index contributed by atoms with van der Waals surface area (Å²) in [5.41, 5.74) is 0.0493. The molecule has 6 heteroatoms. The fourth-order valence-electron chi connectivity index (χ4n) is 2.13. The largest absolute Gasteiger partial charge is 0.496 e. The first-order valence-corrected chi connectivity index (χ1v) is 8.02. The Hall–Kier alpha value is -1.30. The number of hydrogen-bond acceptors (Lipinski definition) is 3. The van der Waals surface area contributed by atoms with E-state index in [0.717, 1.165) is 12.8 Å². The first-order valence-electron chi connectivity index (χ1n) is 7.23. The Morgan fingerprint density at radius 1 is 1.41 bits per heavy atom. The van der Waals surface area contributed by atoms with E-state index in [-0.39, 0.29) is 24.5 Å². The quantitative estimate of drug-likeness (QED) is 0.779. The molecule has 0 bridgehead atoms. The molecule has 0 spiro atoms. The lowest BCUT2D eigenvalue weighted by molar-refractivity contribution is 0.0215. The van der Waals surface area contributed by atoms with Crippen molar-refractivity contribution in [1.29, 1.82) is 0 Å². The van der Waals surface area contributed by atoms with Gasteiger partial charge in [0.2, 0.25) is 0 Å². The van der Waals surface area contributed by atoms with E-state index in [4.69, 9.17) is 9.47 Å². The van der Waals surface area contributed by atoms with E-state index in [9.17, 15) is 9.18 Å². The van der Waals surface area contributed by atoms with Crippen LogP contribution >= 0.6 is 15.9 Å². The van der Waals surface area contributed by atoms with Crippen molar-refractivity contribution in [1.82, 2.24) is 4.90 Å². The number of benzene rings is 1. The topological polar surface area (TPSA) is 38.8 Å². The fraction of sp³-hybridized carbons (Fsp3) is 0.562. The molecule has 0 radical (unpaired) electrons. The standard InChI is InChI=1S/C16H21BrFNO3/c1-16(2,3)22-15(20)19(10-5-6-10)9-11-13(21-4)8-7-12(18)14(11)17/h7-8,10H,5-6,9H2,1-4H3. The lowest BCUT2D eigenvalue weighted by Gasteiger charge is -2.28. The van der Waals surface area contributed by atoms with E-state index in [2.05, 4.69) is 15.9 Å². The summed E-state index contributed by atoms with van der Waals surface area (Å²) in [5, 5.41) is 0. The molecule has 1 aliphatic rings. The Morgan fingerprint density at radius 2 is 2.05 bits per heavy atom. The minimum Gasteiger partial charge on any atom is -0.496 e. The van der Waals surface area contributed by atoms with Gasteiger partial charge < -0.3 is 14.4 Å². The molecule has 22 heavy (non-hydrogen) atoms. The molecule has 0 saturated heterocycles. The number of carbonyl (C=O) groups excluding carboxylic acids is 1. The molecule has 1 aromatic carbocycles. The zero-order chi connectivity index (χ0) is 16.5. The lowest BCUT2D eigenvalue weighted by atomic mass is 10.1. The van der Waals surface area contributed by atoms with E-state index in [1.54, 1.807) is 11.0 Å². The molecule has 1 fully saturated rings. The number of nitrogens with zero attached hydrogens (tertiary/aromatic N) is 1. The molecule has 1 amide bonds. The second kappa shape index (κ2) is 6.44. The van der Waals surface area contributed by atoms with Gasteiger partial charge in [0.1, 0.15) is 17.2 Å². The summed E-state index contributed by atoms with van der Waals surface area (Å²) in [4.78, 5) is 14.0. The van der Waals surface area contributed by atoms with Gasteiger partial charge in [0.05, 0.1) is 18.1 Å². The minimum absolute atomic E-state index is 0.148. The van der Waals surface area contributed by atoms with Crippen LogP contribution in [0.3, 0.4) is 0 Å². The molecule has 122 valence electrons. The van der Waals surface area contributed by atoms with Crippen LogP contribution in [-0.4, -0.2) is 29.7 Å². The molecule has 0 N–H and O–H groups in total. The molecular formula is C16H21BrFNO3. The van der Waals surface area contributed by atoms with Crippen molar-refractivity contribution in [2.45, 2.75) is 51.8 Å². The van der Waals surface area contributed by atoms with Gasteiger partial charge in [0.25, 0.3) is 0 Å². The Bertz CT molecular complexity index is 567. The molecule has 0 unspecified atom stereocenters. The minimum atomic E-state index is -0.562. The second-order valence-electron chi connectivity index (χ2n) is 6.38. The van der Waals surface area contributed by atoms with Crippen molar-refractivity contribution in [3.63, 3.8) is 0 Å². The van der Waals surface area contributed by atoms with Crippen LogP contribution in [0.1, 0.15) is 39.2 Å². The number of halogens is 2. The molecule has 0 heterocycles. The molecule has 1 saturated carbocycles. The number of amides is 1. The SMILES string of the molecule is COc1ccc(F)c(Br)c1CN(C(=O)OC(C)(C)C)C1CC1. The monoisotopic (exact) mass is 373 g/mol. The van der Waals surface area contributed by atoms with Gasteiger partial charge in [0, 0.05) is 11.6 Å². The Balaban J connectivity index is 2.25. The Labute approximate surface area is 138 Å². The van der Waals surface area contributed by atoms with Gasteiger partial charge in [-0.05, 0) is 61.7 Å². The highest BCUT2D eigenvalue weighted by Gasteiger charge is 2.36. The van der Waals surface area contributed by atoms with Crippen LogP contribution in [0.4, 0.5) is 9.18 Å². The number of ether oxygens (including phenoxy) is 2. The summed E-state index contributed by atoms with van der Waals surface area (Å²) in [6.45, 7) is 5.74. The fourth-order valence-corrected chi connectivity index (χ4v) is 2.59. The van der Waals surface area contributed by atoms with Crippen molar-refractivity contribution in [3.05, 3.63) is 28.0 Å². The first-order chi connectivity index (χ1) is 10.2. The molecule has 0 atom stereocenters. The van der Waals surface area contributed by atoms with Gasteiger partial charge in [-0.25, -0.2) is 9.18 Å². The highest BCUT2D eigenvalue weighted by atomic mass is 79.9. The molecule has 4 nitrogen and oxygen atoms in total. The maximum atomic E-state index is 13.8. The summed E-state index contributed by atoms with van der Waals surface area (Å²) < 4.78 is 24.9. The van der Waals surface area contributed by atoms with E-state index in [1.165, 1.54) is 13.2 Å². The number of hydrogen-bond donors (Lipinski definition) is 0. The van der Waals surface area contributed by atoms with E-state index < -0.39 is 5.60 Å². The van der Waals surface area contributed by atoms with E-state index >= 15 is 0 Å². The maximum absolute atomic E-state index is 13.8. The number of carbonyl (C=O) groups is 1. The molecule has 0 aromatic heterocycles. The average molecular weight is 374 g/mol. The zero-order valence-corrected chi connectivity index (χ0v) is 14.9. The van der Waals surface area contributed by atoms with Gasteiger partial charge >= 0.3 is 6.09 Å². The smallest absolute Gasteiger partial charge is 0.410 e. The second-order valence-corrected chi connectivity index (χ2v) is 7.17. The average Bonchev–Trinajstić information content (AvgIpc) is 3.22. The molecule has 2 rings (SSSR count). The first kappa shape index (κ1) is 17.1. The van der Waals surface area contributed by atoms with Crippen molar-refractivity contribution in [2.75, 3.05) is 7.11 Å². The van der Waals surface area contributed by atoms with Crippen LogP contribution in [0.15, 0.2) is 16.6 Å². The van der Waals surface area contributed by atoms with Gasteiger partial charge in [-0.3, -0.25) is 0 Å². The van der Waals surface area contributed by atoms with E-state index in [1.807, 2.05) is 20.8 Å². The van der Waals surface area contributed by atoms with Gasteiger partial charge in [0.15, 0.2) is 0 Å². The Morgan fingerprint density at radius 3 is 2.55 bits per heavy atom. The summed E-state index contributed by atoms with van der Waals surface area (Å²) in [5.74, 6) is 0.165. The van der Waals surface area contributed by atoms with E-state index in [0.29, 0.717) is 15.8 Å². The van der Waals surface area contributed by atoms with Crippen molar-refractivity contribution in [3.8, 4) is 5.75 Å². The summed E-state index contributed by atoms with van der Waals surface area (Å²) in [7, 11) is 1.53. The van der Waals surface area contributed by atoms with Crippen LogP contribution < -0.4 is 4.74 Å². The van der Waals surface area contributed by atoms with Gasteiger partial charge in [-0.1, -0.05) is 0 Å². The van der Waals surface area contributed by atoms with Gasteiger partial charge in [-0.2, -0.15) is 0 Å². The molecule has 1 aliphatic carbocycles. The van der Waals surface area contributed by atoms with Crippen LogP contribution in [-0.2, 0) is 11.3 Å². The van der Waals surface area contributed by atoms with Crippen LogP contribution in [0.25, 0.3) is 0 Å². The molecular weight excluding hydrogens is 353 g/mol. The predicted octanol–water partition coefficient (Wildman–Crippen LogP) is 4.50. The highest BCUT2D eigenvalue weighted by molar-refractivity contribution is 9.10. The third kappa shape index (κ3) is 4.12. The summed E-state index contributed by atoms with van der Waals surface area (Å²) >= 11 is 3.25. The van der Waals surface area contributed by atoms with Crippen molar-refractivity contribution < 1.29 is 18.7 Å². The normalized spacial score (nSPS) is 14.6. The predicted molar refractivity (Wildman–Crippen MR) is 85.5 cm³/mol. The summed E-state index contributed by atoms with van der Waals surface area (Å²) in [6.07, 6.45) is 1.50. The lowest BCUT2D eigenvalue weighted by Crippen LogP contribution is -2.38. The Kier molecular flexibility index (Phi) is 5.00. The third-order valence-electron chi connectivity index (χ3n) is 3.32. The highest BCUT2D eigenvalue weighted by Crippen LogP contribution is 2.35. The van der Waals surface area contributed by atoms with Gasteiger partial charge in [-0.15, -0.1) is 0 Å². The third-order valence-corrected chi connectivity index (χ3v) is 4.17. The van der Waals surface area contributed by atoms with Crippen LogP contribution in [0, 0.1) is 5.82 Å². The summed E-state index contributed by atoms with van der Waals surface area (Å²) in [6, 6.07) is 3.05. The molecule has 1 aromatic rings. The van der Waals surface area contributed by atoms with Crippen molar-refractivity contribution >= 4 is 22.0 Å². The van der Waals surface area contributed by atoms with Crippen LogP contribution in [0.2, 0.25) is 0 Å².